The van der Waals surface area contributed by atoms with Crippen molar-refractivity contribution >= 4 is 17.6 Å². The van der Waals surface area contributed by atoms with Gasteiger partial charge < -0.3 is 24.3 Å². The summed E-state index contributed by atoms with van der Waals surface area (Å²) in [5, 5.41) is 3.66. The molecule has 1 saturated carbocycles. The molecule has 0 bridgehead atoms. The van der Waals surface area contributed by atoms with E-state index in [9.17, 15) is 9.59 Å². The maximum Gasteiger partial charge on any atom is 0.337 e. The summed E-state index contributed by atoms with van der Waals surface area (Å²) in [6.45, 7) is 7.02. The average Bonchev–Trinajstić information content (AvgIpc) is 3.60. The maximum atomic E-state index is 13.5. The van der Waals surface area contributed by atoms with E-state index in [1.807, 2.05) is 29.2 Å². The Hall–Kier alpha value is -3.42. The van der Waals surface area contributed by atoms with Crippen LogP contribution in [0.25, 0.3) is 0 Å². The third kappa shape index (κ3) is 8.15. The van der Waals surface area contributed by atoms with Gasteiger partial charge >= 0.3 is 5.97 Å². The molecule has 43 heavy (non-hydrogen) atoms. The molecule has 2 heterocycles. The minimum Gasteiger partial charge on any atom is -0.465 e. The first-order chi connectivity index (χ1) is 21.0. The van der Waals surface area contributed by atoms with Gasteiger partial charge in [-0.05, 0) is 106 Å². The lowest BCUT2D eigenvalue weighted by Gasteiger charge is -2.42. The van der Waals surface area contributed by atoms with E-state index < -0.39 is 0 Å². The van der Waals surface area contributed by atoms with Gasteiger partial charge in [-0.25, -0.2) is 4.79 Å². The molecule has 3 aromatic rings. The van der Waals surface area contributed by atoms with Crippen molar-refractivity contribution in [1.82, 2.24) is 10.2 Å². The number of furan rings is 1. The number of likely N-dealkylation sites (tertiary alicyclic amines) is 1. The second-order valence-corrected chi connectivity index (χ2v) is 12.5. The quantitative estimate of drug-likeness (QED) is 0.182. The van der Waals surface area contributed by atoms with Crippen LogP contribution in [0.2, 0.25) is 0 Å². The van der Waals surface area contributed by atoms with Crippen molar-refractivity contribution < 1.29 is 18.7 Å². The number of nitrogens with one attached hydrogen (secondary N) is 1. The van der Waals surface area contributed by atoms with E-state index in [0.717, 1.165) is 51.3 Å². The fourth-order valence-corrected chi connectivity index (χ4v) is 6.90. The number of carbonyl (C=O) groups is 2. The van der Waals surface area contributed by atoms with Gasteiger partial charge in [-0.15, -0.1) is 0 Å². The molecule has 2 fully saturated rings. The molecule has 1 aromatic heterocycles. The molecular formula is C36H47N3O4. The third-order valence-corrected chi connectivity index (χ3v) is 9.59. The molecule has 230 valence electrons. The first-order valence-corrected chi connectivity index (χ1v) is 16.0. The maximum absolute atomic E-state index is 13.5. The summed E-state index contributed by atoms with van der Waals surface area (Å²) in [5.41, 5.74) is 4.30. The van der Waals surface area contributed by atoms with Gasteiger partial charge in [0.25, 0.3) is 5.91 Å². The van der Waals surface area contributed by atoms with Crippen LogP contribution in [0.15, 0.2) is 71.3 Å². The molecule has 0 unspecified atom stereocenters. The number of methoxy groups -OCH3 is 1. The molecule has 7 nitrogen and oxygen atoms in total. The van der Waals surface area contributed by atoms with Crippen molar-refractivity contribution in [3.05, 3.63) is 89.4 Å². The molecule has 1 aliphatic heterocycles. The highest BCUT2D eigenvalue weighted by Crippen LogP contribution is 2.42. The van der Waals surface area contributed by atoms with Crippen LogP contribution in [0, 0.1) is 12.3 Å². The zero-order valence-electron chi connectivity index (χ0n) is 25.9. The van der Waals surface area contributed by atoms with Crippen molar-refractivity contribution in [3.63, 3.8) is 0 Å². The van der Waals surface area contributed by atoms with Gasteiger partial charge in [-0.3, -0.25) is 4.79 Å². The molecule has 7 heteroatoms. The molecular weight excluding hydrogens is 538 g/mol. The number of piperidine rings is 1. The third-order valence-electron chi connectivity index (χ3n) is 9.59. The van der Waals surface area contributed by atoms with Crippen LogP contribution in [0.5, 0.6) is 0 Å². The summed E-state index contributed by atoms with van der Waals surface area (Å²) in [7, 11) is 1.41. The zero-order chi connectivity index (χ0) is 30.1. The SMILES string of the molecule is COC(=O)c1ccc(CNCCC2(CCN3CCC(N(C(=O)c4ccco4)c4ccc(C)cc4)CC3)CCCCC2)cc1. The van der Waals surface area contributed by atoms with Crippen LogP contribution in [-0.4, -0.2) is 56.1 Å². The minimum atomic E-state index is -0.297. The Morgan fingerprint density at radius 1 is 0.977 bits per heavy atom. The summed E-state index contributed by atoms with van der Waals surface area (Å²) < 4.78 is 10.3. The lowest BCUT2D eigenvalue weighted by atomic mass is 9.69. The minimum absolute atomic E-state index is 0.0552. The van der Waals surface area contributed by atoms with Gasteiger partial charge in [-0.2, -0.15) is 0 Å². The molecule has 1 aliphatic carbocycles. The molecule has 2 aliphatic rings. The normalized spacial score (nSPS) is 17.4. The number of nitrogens with zero attached hydrogens (tertiary/aromatic N) is 2. The number of aryl methyl sites for hydroxylation is 1. The van der Waals surface area contributed by atoms with Gasteiger partial charge in [-0.1, -0.05) is 49.1 Å². The van der Waals surface area contributed by atoms with Crippen molar-refractivity contribution in [2.24, 2.45) is 5.41 Å². The Bertz CT molecular complexity index is 1290. The molecule has 0 spiro atoms. The molecule has 1 saturated heterocycles. The summed E-state index contributed by atoms with van der Waals surface area (Å²) in [6, 6.07) is 19.6. The lowest BCUT2D eigenvalue weighted by molar-refractivity contribution is 0.0600. The number of benzene rings is 2. The second-order valence-electron chi connectivity index (χ2n) is 12.5. The van der Waals surface area contributed by atoms with Gasteiger partial charge in [0.05, 0.1) is 18.9 Å². The second kappa shape index (κ2) is 14.8. The standard InChI is InChI=1S/C36H47N3O4/c1-28-8-14-31(15-9-28)39(34(40)33-7-6-26-43-33)32-16-23-38(24-17-32)25-21-36(18-4-3-5-19-36)20-22-37-27-29-10-12-30(13-11-29)35(41)42-2/h6-15,26,32,37H,3-5,16-25,27H2,1-2H3. The summed E-state index contributed by atoms with van der Waals surface area (Å²) >= 11 is 0. The molecule has 5 rings (SSSR count). The van der Waals surface area contributed by atoms with Crippen LogP contribution in [0.4, 0.5) is 5.69 Å². The molecule has 1 N–H and O–H groups in total. The smallest absolute Gasteiger partial charge is 0.337 e. The van der Waals surface area contributed by atoms with Crippen LogP contribution < -0.4 is 10.2 Å². The van der Waals surface area contributed by atoms with Crippen molar-refractivity contribution in [2.45, 2.75) is 77.3 Å². The Kier molecular flexibility index (Phi) is 10.7. The van der Waals surface area contributed by atoms with Crippen LogP contribution in [0.3, 0.4) is 0 Å². The fourth-order valence-electron chi connectivity index (χ4n) is 6.90. The van der Waals surface area contributed by atoms with E-state index in [4.69, 9.17) is 9.15 Å². The Morgan fingerprint density at radius 3 is 2.35 bits per heavy atom. The number of anilines is 1. The topological polar surface area (TPSA) is 75.0 Å². The largest absolute Gasteiger partial charge is 0.465 e. The van der Waals surface area contributed by atoms with Crippen molar-refractivity contribution in [1.29, 1.82) is 0 Å². The molecule has 0 atom stereocenters. The number of rotatable bonds is 12. The highest BCUT2D eigenvalue weighted by Gasteiger charge is 2.34. The van der Waals surface area contributed by atoms with Gasteiger partial charge in [0.15, 0.2) is 5.76 Å². The summed E-state index contributed by atoms with van der Waals surface area (Å²) in [4.78, 5) is 29.8. The first kappa shape index (κ1) is 31.0. The summed E-state index contributed by atoms with van der Waals surface area (Å²) in [5.74, 6) is 0.0448. The molecule has 1 amide bonds. The highest BCUT2D eigenvalue weighted by atomic mass is 16.5. The van der Waals surface area contributed by atoms with Gasteiger partial charge in [0.1, 0.15) is 0 Å². The van der Waals surface area contributed by atoms with E-state index in [1.165, 1.54) is 63.2 Å². The van der Waals surface area contributed by atoms with E-state index in [-0.39, 0.29) is 17.9 Å². The number of carbonyl (C=O) groups excluding carboxylic acids is 2. The predicted molar refractivity (Wildman–Crippen MR) is 170 cm³/mol. The monoisotopic (exact) mass is 585 g/mol. The van der Waals surface area contributed by atoms with E-state index in [1.54, 1.807) is 18.4 Å². The number of esters is 1. The molecule has 0 radical (unpaired) electrons. The van der Waals surface area contributed by atoms with Crippen LogP contribution in [-0.2, 0) is 11.3 Å². The number of hydrogen-bond donors (Lipinski definition) is 1. The Labute approximate surface area is 256 Å². The first-order valence-electron chi connectivity index (χ1n) is 16.0. The van der Waals surface area contributed by atoms with E-state index >= 15 is 0 Å². The Balaban J connectivity index is 1.13. The van der Waals surface area contributed by atoms with Crippen molar-refractivity contribution in [3.8, 4) is 0 Å². The fraction of sp³-hybridized carbons (Fsp3) is 0.500. The lowest BCUT2D eigenvalue weighted by Crippen LogP contribution is -2.48. The zero-order valence-corrected chi connectivity index (χ0v) is 25.9. The number of amides is 1. The van der Waals surface area contributed by atoms with Gasteiger partial charge in [0, 0.05) is 31.4 Å². The van der Waals surface area contributed by atoms with E-state index in [0.29, 0.717) is 16.7 Å². The van der Waals surface area contributed by atoms with Crippen LogP contribution >= 0.6 is 0 Å². The Morgan fingerprint density at radius 2 is 1.70 bits per heavy atom. The summed E-state index contributed by atoms with van der Waals surface area (Å²) in [6.07, 6.45) is 12.6. The number of hydrogen-bond acceptors (Lipinski definition) is 6. The predicted octanol–water partition coefficient (Wildman–Crippen LogP) is 7.01. The highest BCUT2D eigenvalue weighted by molar-refractivity contribution is 6.04. The number of ether oxygens (including phenoxy) is 1. The molecule has 2 aromatic carbocycles. The van der Waals surface area contributed by atoms with Gasteiger partial charge in [0.2, 0.25) is 0 Å². The van der Waals surface area contributed by atoms with E-state index in [2.05, 4.69) is 41.4 Å². The average molecular weight is 586 g/mol. The van der Waals surface area contributed by atoms with Crippen LogP contribution in [0.1, 0.15) is 89.8 Å². The van der Waals surface area contributed by atoms with Crippen molar-refractivity contribution in [2.75, 3.05) is 38.2 Å².